The monoisotopic (exact) mass is 848 g/mol. The van der Waals surface area contributed by atoms with E-state index < -0.39 is 0 Å². The smallest absolute Gasteiger partial charge is 0.314 e. The number of para-hydroxylation sites is 2. The van der Waals surface area contributed by atoms with Gasteiger partial charge in [0.05, 0.1) is 11.5 Å². The van der Waals surface area contributed by atoms with Crippen LogP contribution in [-0.4, -0.2) is 19.7 Å². The Morgan fingerprint density at radius 1 is 0.720 bits per heavy atom. The molecule has 0 aliphatic rings. The Morgan fingerprint density at radius 2 is 1.44 bits per heavy atom. The maximum atomic E-state index is 5.28. The van der Waals surface area contributed by atoms with E-state index >= 15 is 0 Å². The molecule has 3 aromatic heterocycles. The van der Waals surface area contributed by atoms with E-state index in [1.807, 2.05) is 16.8 Å². The standard InChI is InChI=1S/C43H35N5S.Pt/c1-28(2)33-19-11-20-34(29(3)4)41(33)48-43(44-27-45-48)30-14-10-17-32(26-30)47(31-15-6-5-7-16-31)40-25-13-23-38(46-40)37-22-12-21-36-35-18-8-9-24-39(35)49-42(36)37;/h5-21,23-25,27-29H,1-4H3;/q-2;+2. The summed E-state index contributed by atoms with van der Waals surface area (Å²) in [6, 6.07) is 49.2. The first-order chi connectivity index (χ1) is 24.0. The maximum Gasteiger partial charge on any atom is 2.00 e. The Balaban J connectivity index is 0.00000392. The first kappa shape index (κ1) is 33.6. The predicted octanol–water partition coefficient (Wildman–Crippen LogP) is 11.7. The fraction of sp³-hybridized carbons (Fsp3) is 0.140. The van der Waals surface area contributed by atoms with Gasteiger partial charge >= 0.3 is 21.1 Å². The number of fused-ring (bicyclic) bond motifs is 3. The van der Waals surface area contributed by atoms with Gasteiger partial charge in [-0.15, -0.1) is 53.6 Å². The van der Waals surface area contributed by atoms with Gasteiger partial charge in [-0.05, 0) is 68.7 Å². The zero-order chi connectivity index (χ0) is 33.5. The molecule has 50 heavy (non-hydrogen) atoms. The van der Waals surface area contributed by atoms with E-state index in [2.05, 4.69) is 154 Å². The van der Waals surface area contributed by atoms with Crippen molar-refractivity contribution in [3.63, 3.8) is 0 Å². The van der Waals surface area contributed by atoms with Crippen molar-refractivity contribution in [1.82, 2.24) is 19.7 Å². The minimum absolute atomic E-state index is 0. The van der Waals surface area contributed by atoms with Crippen molar-refractivity contribution in [2.75, 3.05) is 4.90 Å². The van der Waals surface area contributed by atoms with Crippen LogP contribution in [0.5, 0.6) is 0 Å². The number of nitrogens with zero attached hydrogens (tertiary/aromatic N) is 5. The van der Waals surface area contributed by atoms with Gasteiger partial charge in [0, 0.05) is 10.4 Å². The van der Waals surface area contributed by atoms with Crippen LogP contribution >= 0.6 is 11.3 Å². The van der Waals surface area contributed by atoms with Crippen LogP contribution in [0.3, 0.4) is 0 Å². The van der Waals surface area contributed by atoms with Crippen molar-refractivity contribution in [3.8, 4) is 28.3 Å². The fourth-order valence-electron chi connectivity index (χ4n) is 6.60. The number of aromatic nitrogens is 4. The van der Waals surface area contributed by atoms with Crippen molar-refractivity contribution >= 4 is 48.7 Å². The molecule has 0 aliphatic heterocycles. The average Bonchev–Trinajstić information content (AvgIpc) is 3.78. The topological polar surface area (TPSA) is 46.8 Å². The molecule has 8 aromatic rings. The zero-order valence-electron chi connectivity index (χ0n) is 28.2. The van der Waals surface area contributed by atoms with Crippen LogP contribution in [0.15, 0.2) is 128 Å². The molecule has 0 radical (unpaired) electrons. The van der Waals surface area contributed by atoms with Crippen LogP contribution in [0.25, 0.3) is 48.5 Å². The summed E-state index contributed by atoms with van der Waals surface area (Å²) in [7, 11) is 0. The van der Waals surface area contributed by atoms with Gasteiger partial charge in [-0.3, -0.25) is 14.6 Å². The molecule has 248 valence electrons. The third kappa shape index (κ3) is 6.08. The van der Waals surface area contributed by atoms with Gasteiger partial charge in [0.25, 0.3) is 0 Å². The number of thiophene rings is 1. The van der Waals surface area contributed by atoms with Crippen LogP contribution in [0.2, 0.25) is 0 Å². The van der Waals surface area contributed by atoms with Gasteiger partial charge in [0.15, 0.2) is 0 Å². The molecule has 0 bridgehead atoms. The second-order valence-corrected chi connectivity index (χ2v) is 13.8. The van der Waals surface area contributed by atoms with Crippen molar-refractivity contribution in [1.29, 1.82) is 0 Å². The Hall–Kier alpha value is -4.90. The molecule has 0 amide bonds. The van der Waals surface area contributed by atoms with Crippen LogP contribution in [0.1, 0.15) is 50.7 Å². The Morgan fingerprint density at radius 3 is 2.22 bits per heavy atom. The summed E-state index contributed by atoms with van der Waals surface area (Å²) in [4.78, 5) is 12.2. The number of rotatable bonds is 8. The number of benzene rings is 5. The summed E-state index contributed by atoms with van der Waals surface area (Å²) in [6.07, 6.45) is 1.64. The molecule has 5 nitrogen and oxygen atoms in total. The van der Waals surface area contributed by atoms with Crippen LogP contribution in [0, 0.1) is 12.1 Å². The summed E-state index contributed by atoms with van der Waals surface area (Å²) >= 11 is 1.79. The maximum absolute atomic E-state index is 5.28. The Kier molecular flexibility index (Phi) is 9.50. The molecule has 0 saturated carbocycles. The molecule has 0 spiro atoms. The van der Waals surface area contributed by atoms with E-state index in [1.165, 1.54) is 31.3 Å². The molecule has 0 saturated heterocycles. The van der Waals surface area contributed by atoms with E-state index in [4.69, 9.17) is 15.1 Å². The number of hydrogen-bond donors (Lipinski definition) is 0. The van der Waals surface area contributed by atoms with Crippen molar-refractivity contribution < 1.29 is 21.1 Å². The summed E-state index contributed by atoms with van der Waals surface area (Å²) in [5, 5.41) is 7.27. The molecule has 8 rings (SSSR count). The molecule has 0 atom stereocenters. The molecule has 0 N–H and O–H groups in total. The molecule has 0 fully saturated rings. The largest absolute Gasteiger partial charge is 2.00 e. The second-order valence-electron chi connectivity index (χ2n) is 12.8. The summed E-state index contributed by atoms with van der Waals surface area (Å²) in [6.45, 7) is 8.91. The van der Waals surface area contributed by atoms with Gasteiger partial charge < -0.3 is 4.90 Å². The van der Waals surface area contributed by atoms with Crippen molar-refractivity contribution in [2.45, 2.75) is 39.5 Å². The van der Waals surface area contributed by atoms with Crippen LogP contribution in [0.4, 0.5) is 17.2 Å². The predicted molar refractivity (Wildman–Crippen MR) is 203 cm³/mol. The van der Waals surface area contributed by atoms with E-state index in [0.29, 0.717) is 11.8 Å². The molecule has 5 aromatic carbocycles. The van der Waals surface area contributed by atoms with Crippen LogP contribution in [-0.2, 0) is 21.1 Å². The van der Waals surface area contributed by atoms with E-state index in [9.17, 15) is 0 Å². The number of pyridine rings is 1. The normalized spacial score (nSPS) is 11.4. The van der Waals surface area contributed by atoms with Gasteiger partial charge in [-0.2, -0.15) is 16.4 Å². The first-order valence-electron chi connectivity index (χ1n) is 16.7. The summed E-state index contributed by atoms with van der Waals surface area (Å²) in [5.41, 5.74) is 8.15. The average molecular weight is 849 g/mol. The van der Waals surface area contributed by atoms with Crippen molar-refractivity contribution in [2.24, 2.45) is 0 Å². The second kappa shape index (κ2) is 14.1. The molecular formula is C43H35N5PtS. The first-order valence-corrected chi connectivity index (χ1v) is 17.5. The SMILES string of the molecule is CC(C)c1cccc(C(C)C)c1-n1ncnc1-c1[c-]c(N(c2ccccc2)c2cccc(-c3[c-]ccc4c3sc3ccccc34)n2)ccc1.[Pt+2]. The van der Waals surface area contributed by atoms with E-state index in [0.717, 1.165) is 45.5 Å². The van der Waals surface area contributed by atoms with E-state index in [-0.39, 0.29) is 21.1 Å². The van der Waals surface area contributed by atoms with Crippen LogP contribution < -0.4 is 4.90 Å². The molecule has 7 heteroatoms. The van der Waals surface area contributed by atoms with Gasteiger partial charge in [-0.1, -0.05) is 99.8 Å². The molecule has 3 heterocycles. The quantitative estimate of drug-likeness (QED) is 0.143. The van der Waals surface area contributed by atoms with Gasteiger partial charge in [0.2, 0.25) is 0 Å². The zero-order valence-corrected chi connectivity index (χ0v) is 31.3. The minimum atomic E-state index is 0. The Bertz CT molecular complexity index is 2400. The van der Waals surface area contributed by atoms with Gasteiger partial charge in [0.1, 0.15) is 12.1 Å². The summed E-state index contributed by atoms with van der Waals surface area (Å²) < 4.78 is 4.44. The molecule has 0 unspecified atom stereocenters. The number of hydrogen-bond acceptors (Lipinski definition) is 5. The number of anilines is 3. The molecule has 0 aliphatic carbocycles. The van der Waals surface area contributed by atoms with E-state index in [1.54, 1.807) is 17.7 Å². The third-order valence-electron chi connectivity index (χ3n) is 8.94. The third-order valence-corrected chi connectivity index (χ3v) is 10.1. The summed E-state index contributed by atoms with van der Waals surface area (Å²) in [5.74, 6) is 2.18. The molecular weight excluding hydrogens is 814 g/mol. The van der Waals surface area contributed by atoms with Gasteiger partial charge in [-0.25, -0.2) is 0 Å². The fourth-order valence-corrected chi connectivity index (χ4v) is 7.81. The Labute approximate surface area is 311 Å². The minimum Gasteiger partial charge on any atom is -0.314 e. The van der Waals surface area contributed by atoms with Crippen molar-refractivity contribution in [3.05, 3.63) is 151 Å².